The lowest BCUT2D eigenvalue weighted by molar-refractivity contribution is -0.168. The SMILES string of the molecule is O=C(O)CC1CCCC1NC(=O)C(NC(=O)OCC1c2ccccc2-c2ccccc21)C(F)(F)F. The Balaban J connectivity index is 1.41. The fraction of sp³-hybridized carbons (Fsp3) is 0.400. The van der Waals surface area contributed by atoms with Crippen LogP contribution in [0.4, 0.5) is 18.0 Å². The van der Waals surface area contributed by atoms with Gasteiger partial charge in [-0.15, -0.1) is 0 Å². The first-order valence-corrected chi connectivity index (χ1v) is 11.4. The third-order valence-electron chi connectivity index (χ3n) is 6.62. The van der Waals surface area contributed by atoms with Crippen LogP contribution in [0.5, 0.6) is 0 Å². The number of hydrogen-bond acceptors (Lipinski definition) is 4. The summed E-state index contributed by atoms with van der Waals surface area (Å²) in [6.45, 7) is -0.199. The van der Waals surface area contributed by atoms with Crippen molar-refractivity contribution in [2.75, 3.05) is 6.61 Å². The number of benzene rings is 2. The minimum Gasteiger partial charge on any atom is -0.481 e. The van der Waals surface area contributed by atoms with Crippen LogP contribution in [0.3, 0.4) is 0 Å². The maximum atomic E-state index is 13.6. The predicted molar refractivity (Wildman–Crippen MR) is 120 cm³/mol. The lowest BCUT2D eigenvalue weighted by atomic mass is 9.98. The van der Waals surface area contributed by atoms with Gasteiger partial charge in [-0.05, 0) is 41.0 Å². The molecule has 7 nitrogen and oxygen atoms in total. The van der Waals surface area contributed by atoms with Crippen LogP contribution >= 0.6 is 0 Å². The largest absolute Gasteiger partial charge is 0.481 e. The van der Waals surface area contributed by atoms with Crippen LogP contribution in [-0.4, -0.2) is 47.9 Å². The number of fused-ring (bicyclic) bond motifs is 3. The molecule has 3 atom stereocenters. The molecular formula is C25H25F3N2O5. The van der Waals surface area contributed by atoms with Crippen molar-refractivity contribution in [3.8, 4) is 11.1 Å². The Hall–Kier alpha value is -3.56. The van der Waals surface area contributed by atoms with E-state index in [-0.39, 0.29) is 18.9 Å². The molecule has 3 N–H and O–H groups in total. The summed E-state index contributed by atoms with van der Waals surface area (Å²) in [5.74, 6) is -3.32. The lowest BCUT2D eigenvalue weighted by Crippen LogP contribution is -2.57. The number of carboxylic acids is 1. The minimum absolute atomic E-state index is 0.199. The molecule has 1 fully saturated rings. The molecule has 0 heterocycles. The van der Waals surface area contributed by atoms with E-state index in [0.717, 1.165) is 22.3 Å². The molecule has 35 heavy (non-hydrogen) atoms. The molecule has 2 aromatic rings. The smallest absolute Gasteiger partial charge is 0.417 e. The minimum atomic E-state index is -5.06. The molecule has 1 saturated carbocycles. The summed E-state index contributed by atoms with van der Waals surface area (Å²) in [4.78, 5) is 35.8. The zero-order valence-electron chi connectivity index (χ0n) is 18.7. The quantitative estimate of drug-likeness (QED) is 0.539. The molecule has 2 amide bonds. The molecule has 2 aliphatic carbocycles. The number of nitrogens with one attached hydrogen (secondary N) is 2. The second-order valence-corrected chi connectivity index (χ2v) is 8.85. The topological polar surface area (TPSA) is 105 Å². The van der Waals surface area contributed by atoms with Gasteiger partial charge in [0.25, 0.3) is 5.91 Å². The predicted octanol–water partition coefficient (Wildman–Crippen LogP) is 4.22. The number of alkyl halides is 3. The fourth-order valence-electron chi connectivity index (χ4n) is 5.02. The second-order valence-electron chi connectivity index (χ2n) is 8.85. The van der Waals surface area contributed by atoms with Crippen molar-refractivity contribution in [3.05, 3.63) is 59.7 Å². The highest BCUT2D eigenvalue weighted by molar-refractivity contribution is 5.87. The van der Waals surface area contributed by atoms with Gasteiger partial charge in [0.15, 0.2) is 0 Å². The van der Waals surface area contributed by atoms with Crippen molar-refractivity contribution in [2.45, 2.75) is 49.9 Å². The first-order chi connectivity index (χ1) is 16.6. The number of rotatable bonds is 7. The van der Waals surface area contributed by atoms with E-state index in [1.807, 2.05) is 48.5 Å². The van der Waals surface area contributed by atoms with Crippen LogP contribution in [0.25, 0.3) is 11.1 Å². The van der Waals surface area contributed by atoms with Gasteiger partial charge in [-0.25, -0.2) is 4.79 Å². The molecule has 0 saturated heterocycles. The number of ether oxygens (including phenoxy) is 1. The van der Waals surface area contributed by atoms with Crippen molar-refractivity contribution in [1.82, 2.24) is 10.6 Å². The Morgan fingerprint density at radius 2 is 1.60 bits per heavy atom. The van der Waals surface area contributed by atoms with Gasteiger partial charge in [-0.1, -0.05) is 55.0 Å². The molecule has 10 heteroatoms. The van der Waals surface area contributed by atoms with Gasteiger partial charge in [-0.3, -0.25) is 9.59 Å². The van der Waals surface area contributed by atoms with Crippen molar-refractivity contribution in [1.29, 1.82) is 0 Å². The molecule has 0 radical (unpaired) electrons. The van der Waals surface area contributed by atoms with Gasteiger partial charge < -0.3 is 20.5 Å². The molecule has 0 aliphatic heterocycles. The number of alkyl carbamates (subject to hydrolysis) is 1. The van der Waals surface area contributed by atoms with Gasteiger partial charge in [0, 0.05) is 12.0 Å². The normalized spacial score (nSPS) is 20.0. The summed E-state index contributed by atoms with van der Waals surface area (Å²) in [5, 5.41) is 12.9. The van der Waals surface area contributed by atoms with E-state index < -0.39 is 42.1 Å². The van der Waals surface area contributed by atoms with Gasteiger partial charge in [-0.2, -0.15) is 13.2 Å². The van der Waals surface area contributed by atoms with Crippen LogP contribution in [0, 0.1) is 5.92 Å². The van der Waals surface area contributed by atoms with Crippen molar-refractivity contribution in [2.24, 2.45) is 5.92 Å². The Morgan fingerprint density at radius 3 is 2.17 bits per heavy atom. The maximum Gasteiger partial charge on any atom is 0.417 e. The molecule has 0 aromatic heterocycles. The monoisotopic (exact) mass is 490 g/mol. The second kappa shape index (κ2) is 9.97. The number of hydrogen-bond donors (Lipinski definition) is 3. The standard InChI is InChI=1S/C25H25F3N2O5/c26-25(27,28)22(23(33)29-20-11-5-6-14(20)12-21(31)32)30-24(34)35-13-19-17-9-3-1-7-15(17)16-8-2-4-10-18(16)19/h1-4,7-10,14,19-20,22H,5-6,11-13H2,(H,29,33)(H,30,34)(H,31,32). The first-order valence-electron chi connectivity index (χ1n) is 11.4. The van der Waals surface area contributed by atoms with Crippen LogP contribution in [0.15, 0.2) is 48.5 Å². The highest BCUT2D eigenvalue weighted by Crippen LogP contribution is 2.44. The molecule has 3 unspecified atom stereocenters. The molecule has 4 rings (SSSR count). The summed E-state index contributed by atoms with van der Waals surface area (Å²) < 4.78 is 46.0. The van der Waals surface area contributed by atoms with Crippen molar-refractivity contribution in [3.63, 3.8) is 0 Å². The number of halogens is 3. The highest BCUT2D eigenvalue weighted by atomic mass is 19.4. The molecule has 2 aliphatic rings. The Bertz CT molecular complexity index is 1070. The van der Waals surface area contributed by atoms with Crippen LogP contribution in [-0.2, 0) is 14.3 Å². The van der Waals surface area contributed by atoms with E-state index in [9.17, 15) is 27.6 Å². The zero-order chi connectivity index (χ0) is 25.2. The fourth-order valence-corrected chi connectivity index (χ4v) is 5.02. The zero-order valence-corrected chi connectivity index (χ0v) is 18.7. The highest BCUT2D eigenvalue weighted by Gasteiger charge is 2.47. The number of aliphatic carboxylic acids is 1. The van der Waals surface area contributed by atoms with Gasteiger partial charge >= 0.3 is 18.2 Å². The Kier molecular flexibility index (Phi) is 7.00. The van der Waals surface area contributed by atoms with Crippen LogP contribution in [0.1, 0.15) is 42.7 Å². The van der Waals surface area contributed by atoms with Crippen LogP contribution < -0.4 is 10.6 Å². The average Bonchev–Trinajstić information content (AvgIpc) is 3.36. The summed E-state index contributed by atoms with van der Waals surface area (Å²) in [5.41, 5.74) is 3.74. The van der Waals surface area contributed by atoms with E-state index in [4.69, 9.17) is 9.84 Å². The molecular weight excluding hydrogens is 465 g/mol. The average molecular weight is 490 g/mol. The molecule has 186 valence electrons. The van der Waals surface area contributed by atoms with Crippen molar-refractivity contribution < 1.29 is 37.4 Å². The molecule has 0 bridgehead atoms. The first kappa shape index (κ1) is 24.6. The van der Waals surface area contributed by atoms with E-state index in [0.29, 0.717) is 19.3 Å². The Morgan fingerprint density at radius 1 is 1.00 bits per heavy atom. The van der Waals surface area contributed by atoms with E-state index in [1.54, 1.807) is 5.32 Å². The number of amides is 2. The maximum absolute atomic E-state index is 13.6. The van der Waals surface area contributed by atoms with Crippen LogP contribution in [0.2, 0.25) is 0 Å². The van der Waals surface area contributed by atoms with E-state index in [1.165, 1.54) is 0 Å². The lowest BCUT2D eigenvalue weighted by Gasteiger charge is -2.25. The number of carbonyl (C=O) groups is 3. The summed E-state index contributed by atoms with van der Waals surface area (Å²) >= 11 is 0. The van der Waals surface area contributed by atoms with Gasteiger partial charge in [0.1, 0.15) is 6.61 Å². The number of carboxylic acid groups (broad SMARTS) is 1. The third-order valence-corrected chi connectivity index (χ3v) is 6.62. The van der Waals surface area contributed by atoms with Gasteiger partial charge in [0.05, 0.1) is 6.42 Å². The van der Waals surface area contributed by atoms with E-state index >= 15 is 0 Å². The third kappa shape index (κ3) is 5.41. The summed E-state index contributed by atoms with van der Waals surface area (Å²) in [6.07, 6.45) is -5.21. The molecule has 2 aromatic carbocycles. The molecule has 0 spiro atoms. The summed E-state index contributed by atoms with van der Waals surface area (Å²) in [6, 6.07) is 11.5. The Labute approximate surface area is 199 Å². The van der Waals surface area contributed by atoms with Crippen molar-refractivity contribution >= 4 is 18.0 Å². The van der Waals surface area contributed by atoms with E-state index in [2.05, 4.69) is 5.32 Å². The van der Waals surface area contributed by atoms with Gasteiger partial charge in [0.2, 0.25) is 6.04 Å². The number of carbonyl (C=O) groups excluding carboxylic acids is 2. The summed E-state index contributed by atoms with van der Waals surface area (Å²) in [7, 11) is 0.